The fourth-order valence-electron chi connectivity index (χ4n) is 1.50. The second-order valence-electron chi connectivity index (χ2n) is 4.37. The minimum absolute atomic E-state index is 0.150. The summed E-state index contributed by atoms with van der Waals surface area (Å²) in [5, 5.41) is 16.6. The van der Waals surface area contributed by atoms with Gasteiger partial charge in [-0.25, -0.2) is 0 Å². The summed E-state index contributed by atoms with van der Waals surface area (Å²) in [5.74, 6) is -3.15. The Morgan fingerprint density at radius 2 is 1.40 bits per heavy atom. The molecule has 0 aliphatic rings. The van der Waals surface area contributed by atoms with Crippen LogP contribution in [0.1, 0.15) is 59.3 Å². The Labute approximate surface area is 119 Å². The van der Waals surface area contributed by atoms with E-state index in [1.807, 2.05) is 13.8 Å². The van der Waals surface area contributed by atoms with E-state index in [0.717, 1.165) is 12.8 Å². The molecule has 0 aromatic rings. The molecule has 0 bridgehead atoms. The highest BCUT2D eigenvalue weighted by Gasteiger charge is 2.22. The predicted molar refractivity (Wildman–Crippen MR) is 73.5 cm³/mol. The van der Waals surface area contributed by atoms with Crippen LogP contribution in [0.15, 0.2) is 0 Å². The van der Waals surface area contributed by atoms with Crippen LogP contribution in [-0.2, 0) is 19.2 Å². The van der Waals surface area contributed by atoms with Gasteiger partial charge < -0.3 is 10.2 Å². The van der Waals surface area contributed by atoms with Crippen LogP contribution in [-0.4, -0.2) is 33.7 Å². The number of hydrogen-bond donors (Lipinski definition) is 2. The zero-order valence-electron chi connectivity index (χ0n) is 12.3. The van der Waals surface area contributed by atoms with Crippen LogP contribution in [0.4, 0.5) is 0 Å². The van der Waals surface area contributed by atoms with Crippen molar-refractivity contribution in [1.82, 2.24) is 0 Å². The maximum atomic E-state index is 11.0. The highest BCUT2D eigenvalue weighted by molar-refractivity contribution is 5.98. The number of rotatable bonds is 9. The molecule has 0 aromatic carbocycles. The molecule has 20 heavy (non-hydrogen) atoms. The van der Waals surface area contributed by atoms with Gasteiger partial charge in [0, 0.05) is 12.8 Å². The first kappa shape index (κ1) is 20.6. The lowest BCUT2D eigenvalue weighted by molar-refractivity contribution is -0.146. The molecule has 0 aromatic heterocycles. The molecule has 0 rings (SSSR count). The molecule has 6 heteroatoms. The fraction of sp³-hybridized carbons (Fsp3) is 0.714. The van der Waals surface area contributed by atoms with Crippen LogP contribution >= 0.6 is 0 Å². The average molecular weight is 288 g/mol. The highest BCUT2D eigenvalue weighted by Crippen LogP contribution is 2.08. The summed E-state index contributed by atoms with van der Waals surface area (Å²) in [4.78, 5) is 41.8. The van der Waals surface area contributed by atoms with E-state index >= 15 is 0 Å². The molecular weight excluding hydrogens is 264 g/mol. The molecule has 0 aliphatic carbocycles. The quantitative estimate of drug-likeness (QED) is 0.630. The molecule has 1 unspecified atom stereocenters. The molecule has 6 nitrogen and oxygen atoms in total. The Bertz CT molecular complexity index is 335. The molecule has 0 saturated carbocycles. The number of aliphatic carboxylic acids is 2. The number of carboxylic acid groups (broad SMARTS) is 2. The van der Waals surface area contributed by atoms with Crippen LogP contribution in [0.5, 0.6) is 0 Å². The molecular formula is C14H24O6. The minimum atomic E-state index is -1.03. The molecule has 0 saturated heterocycles. The van der Waals surface area contributed by atoms with E-state index in [9.17, 15) is 19.2 Å². The van der Waals surface area contributed by atoms with Gasteiger partial charge in [0.15, 0.2) is 0 Å². The molecule has 2 N–H and O–H groups in total. The summed E-state index contributed by atoms with van der Waals surface area (Å²) in [6, 6.07) is 0. The van der Waals surface area contributed by atoms with Crippen molar-refractivity contribution in [2.75, 3.05) is 0 Å². The van der Waals surface area contributed by atoms with E-state index in [2.05, 4.69) is 0 Å². The van der Waals surface area contributed by atoms with Gasteiger partial charge in [0.2, 0.25) is 0 Å². The SMILES string of the molecule is CCCC(=O)C(CC)C(=O)O.CCCC(=O)CC(=O)O. The Morgan fingerprint density at radius 3 is 1.70 bits per heavy atom. The third-order valence-corrected chi connectivity index (χ3v) is 2.47. The van der Waals surface area contributed by atoms with Gasteiger partial charge in [0.25, 0.3) is 0 Å². The third kappa shape index (κ3) is 11.4. The van der Waals surface area contributed by atoms with Gasteiger partial charge in [-0.3, -0.25) is 19.2 Å². The van der Waals surface area contributed by atoms with Crippen LogP contribution in [0.2, 0.25) is 0 Å². The standard InChI is InChI=1S/C8H14O3.C6H10O3/c1-3-5-7(9)6(4-2)8(10)11;1-2-3-5(7)4-6(8)9/h6H,3-5H2,1-2H3,(H,10,11);2-4H2,1H3,(H,8,9). The van der Waals surface area contributed by atoms with E-state index in [4.69, 9.17) is 10.2 Å². The lowest BCUT2D eigenvalue weighted by Gasteiger charge is -2.06. The molecule has 0 radical (unpaired) electrons. The first-order valence-electron chi connectivity index (χ1n) is 6.78. The summed E-state index contributed by atoms with van der Waals surface area (Å²) >= 11 is 0. The normalized spacial score (nSPS) is 10.9. The van der Waals surface area contributed by atoms with Gasteiger partial charge in [0.1, 0.15) is 23.9 Å². The van der Waals surface area contributed by atoms with Crippen molar-refractivity contribution in [2.24, 2.45) is 5.92 Å². The first-order chi connectivity index (χ1) is 9.29. The van der Waals surface area contributed by atoms with Crippen LogP contribution < -0.4 is 0 Å². The lowest BCUT2D eigenvalue weighted by Crippen LogP contribution is -2.22. The molecule has 0 heterocycles. The topological polar surface area (TPSA) is 109 Å². The fourth-order valence-corrected chi connectivity index (χ4v) is 1.50. The molecule has 0 fully saturated rings. The second kappa shape index (κ2) is 12.3. The number of ketones is 2. The van der Waals surface area contributed by atoms with Crippen LogP contribution in [0.3, 0.4) is 0 Å². The van der Waals surface area contributed by atoms with E-state index in [1.54, 1.807) is 6.92 Å². The molecule has 0 spiro atoms. The number of Topliss-reactive ketones (excluding diaryl/α,β-unsaturated/α-hetero) is 2. The van der Waals surface area contributed by atoms with Crippen LogP contribution in [0, 0.1) is 5.92 Å². The van der Waals surface area contributed by atoms with Crippen molar-refractivity contribution < 1.29 is 29.4 Å². The second-order valence-corrected chi connectivity index (χ2v) is 4.37. The molecule has 0 aliphatic heterocycles. The van der Waals surface area contributed by atoms with Crippen LogP contribution in [0.25, 0.3) is 0 Å². The van der Waals surface area contributed by atoms with Gasteiger partial charge in [-0.1, -0.05) is 20.8 Å². The Kier molecular flexibility index (Phi) is 12.7. The van der Waals surface area contributed by atoms with Crippen molar-refractivity contribution in [3.8, 4) is 0 Å². The monoisotopic (exact) mass is 288 g/mol. The predicted octanol–water partition coefficient (Wildman–Crippen LogP) is 2.30. The number of carbonyl (C=O) groups excluding carboxylic acids is 2. The maximum absolute atomic E-state index is 11.0. The number of hydrogen-bond acceptors (Lipinski definition) is 4. The van der Waals surface area contributed by atoms with E-state index in [1.165, 1.54) is 0 Å². The number of carboxylic acids is 2. The van der Waals surface area contributed by atoms with E-state index < -0.39 is 17.9 Å². The minimum Gasteiger partial charge on any atom is -0.481 e. The van der Waals surface area contributed by atoms with Crippen molar-refractivity contribution in [2.45, 2.75) is 59.3 Å². The maximum Gasteiger partial charge on any atom is 0.314 e. The zero-order valence-corrected chi connectivity index (χ0v) is 12.3. The summed E-state index contributed by atoms with van der Waals surface area (Å²) in [5.41, 5.74) is 0. The molecule has 1 atom stereocenters. The smallest absolute Gasteiger partial charge is 0.314 e. The van der Waals surface area contributed by atoms with E-state index in [0.29, 0.717) is 19.3 Å². The van der Waals surface area contributed by atoms with Gasteiger partial charge >= 0.3 is 11.9 Å². The molecule has 0 amide bonds. The Morgan fingerprint density at radius 1 is 0.900 bits per heavy atom. The van der Waals surface area contributed by atoms with Gasteiger partial charge in [0.05, 0.1) is 0 Å². The summed E-state index contributed by atoms with van der Waals surface area (Å²) in [6.07, 6.45) is 2.29. The lowest BCUT2D eigenvalue weighted by atomic mass is 9.98. The molecule has 116 valence electrons. The van der Waals surface area contributed by atoms with Gasteiger partial charge in [-0.15, -0.1) is 0 Å². The summed E-state index contributed by atoms with van der Waals surface area (Å²) in [6.45, 7) is 5.43. The van der Waals surface area contributed by atoms with Gasteiger partial charge in [-0.2, -0.15) is 0 Å². The third-order valence-electron chi connectivity index (χ3n) is 2.47. The first-order valence-corrected chi connectivity index (χ1v) is 6.78. The van der Waals surface area contributed by atoms with Crippen molar-refractivity contribution in [3.63, 3.8) is 0 Å². The van der Waals surface area contributed by atoms with Crippen molar-refractivity contribution in [3.05, 3.63) is 0 Å². The van der Waals surface area contributed by atoms with Gasteiger partial charge in [-0.05, 0) is 19.3 Å². The Balaban J connectivity index is 0. The summed E-state index contributed by atoms with van der Waals surface area (Å²) in [7, 11) is 0. The average Bonchev–Trinajstić information content (AvgIpc) is 2.29. The largest absolute Gasteiger partial charge is 0.481 e. The number of carbonyl (C=O) groups is 4. The van der Waals surface area contributed by atoms with E-state index in [-0.39, 0.29) is 18.0 Å². The van der Waals surface area contributed by atoms with Crippen molar-refractivity contribution in [1.29, 1.82) is 0 Å². The summed E-state index contributed by atoms with van der Waals surface area (Å²) < 4.78 is 0. The Hall–Kier alpha value is -1.72. The highest BCUT2D eigenvalue weighted by atomic mass is 16.4. The van der Waals surface area contributed by atoms with Crippen molar-refractivity contribution >= 4 is 23.5 Å². The zero-order chi connectivity index (χ0) is 16.1.